The van der Waals surface area contributed by atoms with Crippen LogP contribution >= 0.6 is 0 Å². The van der Waals surface area contributed by atoms with E-state index in [-0.39, 0.29) is 6.61 Å². The van der Waals surface area contributed by atoms with E-state index in [9.17, 15) is 0 Å². The number of nitrogens with zero attached hydrogens (tertiary/aromatic N) is 2. The van der Waals surface area contributed by atoms with Gasteiger partial charge in [0.1, 0.15) is 6.61 Å². The normalized spacial score (nSPS) is 10.3. The van der Waals surface area contributed by atoms with Crippen molar-refractivity contribution in [3.05, 3.63) is 42.2 Å². The summed E-state index contributed by atoms with van der Waals surface area (Å²) < 4.78 is 0. The maximum Gasteiger partial charge on any atom is 0.110 e. The number of anilines is 1. The number of nitrogen functional groups attached to an aromatic ring is 1. The predicted molar refractivity (Wildman–Crippen MR) is 60.9 cm³/mol. The lowest BCUT2D eigenvalue weighted by atomic mass is 10.2. The van der Waals surface area contributed by atoms with E-state index in [0.717, 1.165) is 17.1 Å². The molecule has 0 aliphatic carbocycles. The Morgan fingerprint density at radius 1 is 1.12 bits per heavy atom. The minimum atomic E-state index is 0.281. The van der Waals surface area contributed by atoms with Gasteiger partial charge in [0.05, 0.1) is 29.0 Å². The lowest BCUT2D eigenvalue weighted by Gasteiger charge is -2.03. The summed E-state index contributed by atoms with van der Waals surface area (Å²) in [4.78, 5) is 13.1. The molecule has 0 saturated heterocycles. The molecule has 0 bridgehead atoms. The Morgan fingerprint density at radius 3 is 2.69 bits per heavy atom. The Morgan fingerprint density at radius 2 is 2.00 bits per heavy atom. The lowest BCUT2D eigenvalue weighted by molar-refractivity contribution is 0.121. The molecule has 0 saturated carbocycles. The molecule has 82 valence electrons. The van der Waals surface area contributed by atoms with Crippen molar-refractivity contribution in [2.45, 2.75) is 6.61 Å². The molecule has 4 N–H and O–H groups in total. The summed E-state index contributed by atoms with van der Waals surface area (Å²) in [5.74, 6) is 5.00. The van der Waals surface area contributed by atoms with Crippen LogP contribution in [0.5, 0.6) is 0 Å². The maximum atomic E-state index is 5.56. The van der Waals surface area contributed by atoms with E-state index in [0.29, 0.717) is 5.69 Å². The van der Waals surface area contributed by atoms with Gasteiger partial charge in [-0.25, -0.2) is 10.9 Å². The highest BCUT2D eigenvalue weighted by atomic mass is 16.6. The largest absolute Gasteiger partial charge is 0.397 e. The van der Waals surface area contributed by atoms with Crippen LogP contribution in [0, 0.1) is 0 Å². The average Bonchev–Trinajstić information content (AvgIpc) is 2.31. The van der Waals surface area contributed by atoms with Crippen LogP contribution in [-0.2, 0) is 11.4 Å². The van der Waals surface area contributed by atoms with Crippen molar-refractivity contribution in [3.8, 4) is 11.4 Å². The number of rotatable bonds is 3. The zero-order chi connectivity index (χ0) is 11.4. The molecule has 0 aromatic carbocycles. The molecule has 16 heavy (non-hydrogen) atoms. The smallest absolute Gasteiger partial charge is 0.110 e. The fraction of sp³-hybridized carbons (Fsp3) is 0.0909. The van der Waals surface area contributed by atoms with Crippen LogP contribution in [-0.4, -0.2) is 9.97 Å². The second kappa shape index (κ2) is 4.69. The third kappa shape index (κ3) is 2.33. The topological polar surface area (TPSA) is 87.0 Å². The van der Waals surface area contributed by atoms with Crippen molar-refractivity contribution >= 4 is 5.69 Å². The first-order valence-corrected chi connectivity index (χ1v) is 4.79. The molecule has 2 rings (SSSR count). The highest BCUT2D eigenvalue weighted by Crippen LogP contribution is 2.15. The van der Waals surface area contributed by atoms with E-state index >= 15 is 0 Å². The summed E-state index contributed by atoms with van der Waals surface area (Å²) in [6.45, 7) is 0.281. The van der Waals surface area contributed by atoms with Crippen molar-refractivity contribution in [3.63, 3.8) is 0 Å². The Balaban J connectivity index is 2.32. The molecule has 0 aliphatic heterocycles. The van der Waals surface area contributed by atoms with Gasteiger partial charge in [-0.3, -0.25) is 9.82 Å². The third-order valence-electron chi connectivity index (χ3n) is 2.09. The van der Waals surface area contributed by atoms with E-state index in [1.165, 1.54) is 0 Å². The molecule has 2 heterocycles. The lowest BCUT2D eigenvalue weighted by Crippen LogP contribution is -2.01. The Labute approximate surface area is 93.0 Å². The number of aromatic nitrogens is 2. The molecular weight excluding hydrogens is 204 g/mol. The Kier molecular flexibility index (Phi) is 3.09. The number of nitrogens with two attached hydrogens (primary N) is 2. The zero-order valence-electron chi connectivity index (χ0n) is 8.63. The molecule has 0 amide bonds. The number of pyridine rings is 2. The highest BCUT2D eigenvalue weighted by molar-refractivity contribution is 5.56. The summed E-state index contributed by atoms with van der Waals surface area (Å²) in [5.41, 5.74) is 8.50. The van der Waals surface area contributed by atoms with E-state index < -0.39 is 0 Å². The average molecular weight is 216 g/mol. The first-order chi connectivity index (χ1) is 7.79. The molecule has 0 unspecified atom stereocenters. The zero-order valence-corrected chi connectivity index (χ0v) is 8.63. The maximum absolute atomic E-state index is 5.56. The van der Waals surface area contributed by atoms with Crippen molar-refractivity contribution in [2.24, 2.45) is 5.90 Å². The van der Waals surface area contributed by atoms with E-state index in [1.54, 1.807) is 12.3 Å². The highest BCUT2D eigenvalue weighted by Gasteiger charge is 2.02. The Hall–Kier alpha value is -1.98. The van der Waals surface area contributed by atoms with E-state index in [2.05, 4.69) is 14.8 Å². The standard InChI is InChI=1S/C11H12N4O/c12-8-4-5-10(14-6-8)11-3-1-2-9(15-11)7-16-13/h1-6H,7,12-13H2. The van der Waals surface area contributed by atoms with Crippen molar-refractivity contribution in [2.75, 3.05) is 5.73 Å². The van der Waals surface area contributed by atoms with Gasteiger partial charge < -0.3 is 5.73 Å². The predicted octanol–water partition coefficient (Wildman–Crippen LogP) is 1.12. The first-order valence-electron chi connectivity index (χ1n) is 4.79. The summed E-state index contributed by atoms with van der Waals surface area (Å²) in [6.07, 6.45) is 1.60. The SMILES string of the molecule is NOCc1cccc(-c2ccc(N)cn2)n1. The van der Waals surface area contributed by atoms with Crippen molar-refractivity contribution in [1.29, 1.82) is 0 Å². The molecule has 5 nitrogen and oxygen atoms in total. The van der Waals surface area contributed by atoms with Crippen LogP contribution < -0.4 is 11.6 Å². The molecule has 0 atom stereocenters. The van der Waals surface area contributed by atoms with Gasteiger partial charge >= 0.3 is 0 Å². The molecule has 5 heteroatoms. The molecule has 2 aromatic heterocycles. The van der Waals surface area contributed by atoms with Gasteiger partial charge in [-0.15, -0.1) is 0 Å². The molecule has 2 aromatic rings. The van der Waals surface area contributed by atoms with Gasteiger partial charge in [-0.05, 0) is 24.3 Å². The van der Waals surface area contributed by atoms with Gasteiger partial charge in [0.25, 0.3) is 0 Å². The van der Waals surface area contributed by atoms with Crippen LogP contribution in [0.25, 0.3) is 11.4 Å². The summed E-state index contributed by atoms with van der Waals surface area (Å²) in [7, 11) is 0. The van der Waals surface area contributed by atoms with Crippen molar-refractivity contribution < 1.29 is 4.84 Å². The number of hydrogen-bond acceptors (Lipinski definition) is 5. The molecule has 0 aliphatic rings. The summed E-state index contributed by atoms with van der Waals surface area (Å²) in [6, 6.07) is 9.21. The molecule has 0 fully saturated rings. The fourth-order valence-corrected chi connectivity index (χ4v) is 1.34. The minimum absolute atomic E-state index is 0.281. The van der Waals surface area contributed by atoms with Gasteiger partial charge in [0, 0.05) is 0 Å². The van der Waals surface area contributed by atoms with Gasteiger partial charge in [-0.2, -0.15) is 0 Å². The first kappa shape index (κ1) is 10.5. The van der Waals surface area contributed by atoms with E-state index in [4.69, 9.17) is 11.6 Å². The quantitative estimate of drug-likeness (QED) is 0.750. The van der Waals surface area contributed by atoms with Crippen LogP contribution in [0.4, 0.5) is 5.69 Å². The molecule has 0 radical (unpaired) electrons. The van der Waals surface area contributed by atoms with Crippen molar-refractivity contribution in [1.82, 2.24) is 9.97 Å². The monoisotopic (exact) mass is 216 g/mol. The molecule has 0 spiro atoms. The van der Waals surface area contributed by atoms with Crippen LogP contribution in [0.2, 0.25) is 0 Å². The van der Waals surface area contributed by atoms with Crippen LogP contribution in [0.3, 0.4) is 0 Å². The van der Waals surface area contributed by atoms with Gasteiger partial charge in [-0.1, -0.05) is 6.07 Å². The minimum Gasteiger partial charge on any atom is -0.397 e. The van der Waals surface area contributed by atoms with Crippen LogP contribution in [0.15, 0.2) is 36.5 Å². The second-order valence-electron chi connectivity index (χ2n) is 3.30. The third-order valence-corrected chi connectivity index (χ3v) is 2.09. The summed E-state index contributed by atoms with van der Waals surface area (Å²) >= 11 is 0. The fourth-order valence-electron chi connectivity index (χ4n) is 1.34. The Bertz CT molecular complexity index is 470. The second-order valence-corrected chi connectivity index (χ2v) is 3.30. The molecular formula is C11H12N4O. The van der Waals surface area contributed by atoms with Crippen LogP contribution in [0.1, 0.15) is 5.69 Å². The summed E-state index contributed by atoms with van der Waals surface area (Å²) in [5, 5.41) is 0. The van der Waals surface area contributed by atoms with Gasteiger partial charge in [0.15, 0.2) is 0 Å². The number of hydrogen-bond donors (Lipinski definition) is 2. The van der Waals surface area contributed by atoms with Gasteiger partial charge in [0.2, 0.25) is 0 Å². The van der Waals surface area contributed by atoms with E-state index in [1.807, 2.05) is 24.3 Å².